The average molecular weight is 338 g/mol. The number of hydrogen-bond acceptors (Lipinski definition) is 5. The second-order valence-electron chi connectivity index (χ2n) is 5.22. The van der Waals surface area contributed by atoms with Crippen molar-refractivity contribution >= 4 is 18.1 Å². The molecule has 0 radical (unpaired) electrons. The smallest absolute Gasteiger partial charge is 0.335 e. The molecular weight excluding hydrogens is 324 g/mol. The van der Waals surface area contributed by atoms with Gasteiger partial charge in [0.2, 0.25) is 0 Å². The lowest BCUT2D eigenvalue weighted by Gasteiger charge is -1.99. The standard InChI is InChI=1S/C17H14N4O4/c1-10-7-14(20-19-10)16(22)21-18-9-13-5-6-15(25-13)11-3-2-4-12(8-11)17(23)24/h2-9H,1H3,(H,19,20)(H,21,22)(H,23,24)/b18-9+. The Hall–Kier alpha value is -3.68. The van der Waals surface area contributed by atoms with Gasteiger partial charge in [-0.05, 0) is 37.3 Å². The average Bonchev–Trinajstić information content (AvgIpc) is 3.24. The van der Waals surface area contributed by atoms with Gasteiger partial charge in [0.25, 0.3) is 5.91 Å². The summed E-state index contributed by atoms with van der Waals surface area (Å²) in [6.45, 7) is 1.79. The van der Waals surface area contributed by atoms with Crippen molar-refractivity contribution in [2.24, 2.45) is 5.10 Å². The van der Waals surface area contributed by atoms with Crippen LogP contribution in [0.4, 0.5) is 0 Å². The van der Waals surface area contributed by atoms with Gasteiger partial charge in [0.15, 0.2) is 5.69 Å². The van der Waals surface area contributed by atoms with E-state index in [4.69, 9.17) is 9.52 Å². The number of aryl methyl sites for hydroxylation is 1. The Kier molecular flexibility index (Phi) is 4.42. The normalized spacial score (nSPS) is 10.9. The van der Waals surface area contributed by atoms with Crippen LogP contribution >= 0.6 is 0 Å². The molecule has 25 heavy (non-hydrogen) atoms. The van der Waals surface area contributed by atoms with E-state index in [1.54, 1.807) is 37.3 Å². The van der Waals surface area contributed by atoms with Crippen LogP contribution in [0, 0.1) is 6.92 Å². The number of nitrogens with zero attached hydrogens (tertiary/aromatic N) is 2. The molecule has 1 amide bonds. The highest BCUT2D eigenvalue weighted by atomic mass is 16.4. The van der Waals surface area contributed by atoms with Gasteiger partial charge in [-0.2, -0.15) is 10.2 Å². The first-order chi connectivity index (χ1) is 12.0. The number of amides is 1. The SMILES string of the molecule is Cc1cc(C(=O)N/N=C/c2ccc(-c3cccc(C(=O)O)c3)o2)n[nH]1. The molecular formula is C17H14N4O4. The first-order valence-corrected chi connectivity index (χ1v) is 7.32. The van der Waals surface area contributed by atoms with Gasteiger partial charge >= 0.3 is 5.97 Å². The van der Waals surface area contributed by atoms with Crippen LogP contribution in [-0.2, 0) is 0 Å². The van der Waals surface area contributed by atoms with Crippen molar-refractivity contribution < 1.29 is 19.1 Å². The fourth-order valence-electron chi connectivity index (χ4n) is 2.13. The van der Waals surface area contributed by atoms with Crippen molar-refractivity contribution in [3.8, 4) is 11.3 Å². The predicted molar refractivity (Wildman–Crippen MR) is 89.5 cm³/mol. The number of rotatable bonds is 5. The summed E-state index contributed by atoms with van der Waals surface area (Å²) in [6, 6.07) is 11.4. The van der Waals surface area contributed by atoms with E-state index >= 15 is 0 Å². The molecule has 8 nitrogen and oxygen atoms in total. The molecule has 126 valence electrons. The third kappa shape index (κ3) is 3.81. The second kappa shape index (κ2) is 6.83. The number of furan rings is 1. The van der Waals surface area contributed by atoms with E-state index in [1.807, 2.05) is 0 Å². The Morgan fingerprint density at radius 2 is 2.12 bits per heavy atom. The molecule has 0 spiro atoms. The Labute approximate surface area is 142 Å². The van der Waals surface area contributed by atoms with Crippen LogP contribution in [0.2, 0.25) is 0 Å². The van der Waals surface area contributed by atoms with Gasteiger partial charge in [-0.3, -0.25) is 9.89 Å². The summed E-state index contributed by atoms with van der Waals surface area (Å²) in [5.74, 6) is -0.541. The predicted octanol–water partition coefficient (Wildman–Crippen LogP) is 2.44. The zero-order valence-corrected chi connectivity index (χ0v) is 13.2. The lowest BCUT2D eigenvalue weighted by atomic mass is 10.1. The Morgan fingerprint density at radius 1 is 1.28 bits per heavy atom. The van der Waals surface area contributed by atoms with E-state index in [2.05, 4.69) is 20.7 Å². The van der Waals surface area contributed by atoms with Gasteiger partial charge in [-0.15, -0.1) is 0 Å². The van der Waals surface area contributed by atoms with Crippen LogP contribution in [0.25, 0.3) is 11.3 Å². The Balaban J connectivity index is 1.68. The van der Waals surface area contributed by atoms with Crippen LogP contribution in [-0.4, -0.2) is 33.4 Å². The maximum absolute atomic E-state index is 11.8. The number of aromatic amines is 1. The monoisotopic (exact) mass is 338 g/mol. The van der Waals surface area contributed by atoms with Gasteiger partial charge in [-0.25, -0.2) is 10.2 Å². The van der Waals surface area contributed by atoms with Crippen molar-refractivity contribution in [3.05, 3.63) is 65.2 Å². The molecule has 8 heteroatoms. The lowest BCUT2D eigenvalue weighted by Crippen LogP contribution is -2.17. The van der Waals surface area contributed by atoms with Crippen LogP contribution in [0.1, 0.15) is 32.3 Å². The van der Waals surface area contributed by atoms with Crippen LogP contribution in [0.15, 0.2) is 52.0 Å². The van der Waals surface area contributed by atoms with Crippen molar-refractivity contribution in [3.63, 3.8) is 0 Å². The summed E-state index contributed by atoms with van der Waals surface area (Å²) < 4.78 is 5.58. The van der Waals surface area contributed by atoms with E-state index in [0.717, 1.165) is 5.69 Å². The van der Waals surface area contributed by atoms with Crippen LogP contribution in [0.5, 0.6) is 0 Å². The summed E-state index contributed by atoms with van der Waals surface area (Å²) in [6.07, 6.45) is 1.35. The number of carbonyl (C=O) groups is 2. The summed E-state index contributed by atoms with van der Waals surface area (Å²) in [5.41, 5.74) is 4.16. The highest BCUT2D eigenvalue weighted by Gasteiger charge is 2.09. The van der Waals surface area contributed by atoms with Crippen molar-refractivity contribution in [2.75, 3.05) is 0 Å². The molecule has 2 aromatic heterocycles. The molecule has 0 fully saturated rings. The lowest BCUT2D eigenvalue weighted by molar-refractivity contribution is 0.0696. The Morgan fingerprint density at radius 3 is 2.84 bits per heavy atom. The molecule has 0 bridgehead atoms. The van der Waals surface area contributed by atoms with E-state index in [1.165, 1.54) is 18.3 Å². The molecule has 2 heterocycles. The number of hydrazone groups is 1. The first kappa shape index (κ1) is 16.2. The molecule has 0 aliphatic heterocycles. The minimum Gasteiger partial charge on any atom is -0.478 e. The molecule has 0 aliphatic rings. The Bertz CT molecular complexity index is 955. The maximum Gasteiger partial charge on any atom is 0.335 e. The number of nitrogens with one attached hydrogen (secondary N) is 2. The first-order valence-electron chi connectivity index (χ1n) is 7.32. The maximum atomic E-state index is 11.8. The molecule has 0 atom stereocenters. The molecule has 0 aliphatic carbocycles. The molecule has 3 rings (SSSR count). The summed E-state index contributed by atoms with van der Waals surface area (Å²) in [5, 5.41) is 19.3. The molecule has 1 aromatic carbocycles. The van der Waals surface area contributed by atoms with Crippen molar-refractivity contribution in [2.45, 2.75) is 6.92 Å². The minimum absolute atomic E-state index is 0.172. The van der Waals surface area contributed by atoms with Crippen molar-refractivity contribution in [1.29, 1.82) is 0 Å². The minimum atomic E-state index is -1.01. The number of hydrogen-bond donors (Lipinski definition) is 3. The highest BCUT2D eigenvalue weighted by Crippen LogP contribution is 2.22. The van der Waals surface area contributed by atoms with Gasteiger partial charge < -0.3 is 9.52 Å². The van der Waals surface area contributed by atoms with E-state index in [9.17, 15) is 9.59 Å². The van der Waals surface area contributed by atoms with E-state index < -0.39 is 11.9 Å². The fourth-order valence-corrected chi connectivity index (χ4v) is 2.13. The summed E-state index contributed by atoms with van der Waals surface area (Å²) >= 11 is 0. The number of carbonyl (C=O) groups excluding carboxylic acids is 1. The van der Waals surface area contributed by atoms with Gasteiger partial charge in [0.05, 0.1) is 11.8 Å². The topological polar surface area (TPSA) is 121 Å². The number of aromatic nitrogens is 2. The zero-order valence-electron chi connectivity index (χ0n) is 13.2. The summed E-state index contributed by atoms with van der Waals surface area (Å²) in [7, 11) is 0. The zero-order chi connectivity index (χ0) is 17.8. The fraction of sp³-hybridized carbons (Fsp3) is 0.0588. The number of benzene rings is 1. The number of H-pyrrole nitrogens is 1. The van der Waals surface area contributed by atoms with E-state index in [0.29, 0.717) is 17.1 Å². The third-order valence-corrected chi connectivity index (χ3v) is 3.32. The second-order valence-corrected chi connectivity index (χ2v) is 5.22. The van der Waals surface area contributed by atoms with Gasteiger partial charge in [0, 0.05) is 11.3 Å². The van der Waals surface area contributed by atoms with Crippen LogP contribution in [0.3, 0.4) is 0 Å². The quantitative estimate of drug-likeness (QED) is 0.487. The van der Waals surface area contributed by atoms with Gasteiger partial charge in [-0.1, -0.05) is 12.1 Å². The van der Waals surface area contributed by atoms with Crippen molar-refractivity contribution in [1.82, 2.24) is 15.6 Å². The third-order valence-electron chi connectivity index (χ3n) is 3.32. The van der Waals surface area contributed by atoms with E-state index in [-0.39, 0.29) is 11.3 Å². The summed E-state index contributed by atoms with van der Waals surface area (Å²) in [4.78, 5) is 22.8. The molecule has 0 saturated heterocycles. The molecule has 0 unspecified atom stereocenters. The number of carboxylic acid groups (broad SMARTS) is 1. The number of aromatic carboxylic acids is 1. The molecule has 3 aromatic rings. The largest absolute Gasteiger partial charge is 0.478 e. The van der Waals surface area contributed by atoms with Crippen LogP contribution < -0.4 is 5.43 Å². The number of carboxylic acids is 1. The van der Waals surface area contributed by atoms with Gasteiger partial charge in [0.1, 0.15) is 11.5 Å². The highest BCUT2D eigenvalue weighted by molar-refractivity contribution is 5.93. The molecule has 0 saturated carbocycles. The molecule has 3 N–H and O–H groups in total.